The van der Waals surface area contributed by atoms with Crippen molar-refractivity contribution in [2.45, 2.75) is 97.4 Å². The summed E-state index contributed by atoms with van der Waals surface area (Å²) in [6, 6.07) is 23.9. The Balaban J connectivity index is 1.14. The van der Waals surface area contributed by atoms with Gasteiger partial charge in [-0.2, -0.15) is 5.26 Å². The first-order valence-corrected chi connectivity index (χ1v) is 20.6. The van der Waals surface area contributed by atoms with Gasteiger partial charge in [0.15, 0.2) is 0 Å². The second kappa shape index (κ2) is 18.7. The van der Waals surface area contributed by atoms with Crippen LogP contribution in [-0.2, 0) is 11.3 Å². The standard InChI is InChI=1S/C45H65N7O2/c1-31(2)37-8-11-43(51-19-16-48-27-35(51)6)41(22-37)30-53-29-33(4)39-10-13-44(52-20-17-49-28-36(52)7)45(24-39)54-21-14-32(3)38-9-12-42(40(23-38)25-46)50-18-15-47-26-34(50)5/h8-13,22-24,31-36,47-49H,14-21,26-30H2,1-7H3/t32?,33?,34-,35-,36-/m1/s1. The van der Waals surface area contributed by atoms with Crippen LogP contribution >= 0.6 is 0 Å². The summed E-state index contributed by atoms with van der Waals surface area (Å²) in [6.45, 7) is 26.3. The Hall–Kier alpha value is -3.81. The maximum atomic E-state index is 10.1. The highest BCUT2D eigenvalue weighted by Gasteiger charge is 2.25. The molecule has 0 bridgehead atoms. The Morgan fingerprint density at radius 3 is 1.81 bits per heavy atom. The van der Waals surface area contributed by atoms with E-state index in [1.54, 1.807) is 0 Å². The monoisotopic (exact) mass is 736 g/mol. The molecule has 292 valence electrons. The zero-order valence-electron chi connectivity index (χ0n) is 34.0. The van der Waals surface area contributed by atoms with E-state index in [0.717, 1.165) is 88.0 Å². The zero-order chi connectivity index (χ0) is 38.2. The molecule has 9 heteroatoms. The van der Waals surface area contributed by atoms with Gasteiger partial charge in [0.25, 0.3) is 0 Å². The number of nitrogens with one attached hydrogen (secondary N) is 3. The fourth-order valence-corrected chi connectivity index (χ4v) is 8.30. The normalized spacial score (nSPS) is 21.9. The summed E-state index contributed by atoms with van der Waals surface area (Å²) in [5.41, 5.74) is 9.31. The van der Waals surface area contributed by atoms with Crippen molar-refractivity contribution in [3.63, 3.8) is 0 Å². The quantitative estimate of drug-likeness (QED) is 0.163. The van der Waals surface area contributed by atoms with Crippen LogP contribution in [0.4, 0.5) is 17.1 Å². The Bertz CT molecular complexity index is 1720. The number of ether oxygens (including phenoxy) is 2. The molecule has 9 nitrogen and oxygen atoms in total. The van der Waals surface area contributed by atoms with Gasteiger partial charge in [-0.3, -0.25) is 0 Å². The van der Waals surface area contributed by atoms with Crippen LogP contribution in [0.3, 0.4) is 0 Å². The largest absolute Gasteiger partial charge is 0.491 e. The molecule has 3 aromatic carbocycles. The van der Waals surface area contributed by atoms with Crippen molar-refractivity contribution in [3.8, 4) is 11.8 Å². The molecule has 0 spiro atoms. The van der Waals surface area contributed by atoms with E-state index in [2.05, 4.69) is 140 Å². The third-order valence-corrected chi connectivity index (χ3v) is 11.9. The lowest BCUT2D eigenvalue weighted by Gasteiger charge is -2.37. The minimum Gasteiger partial charge on any atom is -0.491 e. The first kappa shape index (κ1) is 39.9. The molecule has 3 N–H and O–H groups in total. The van der Waals surface area contributed by atoms with E-state index in [1.807, 2.05) is 0 Å². The van der Waals surface area contributed by atoms with E-state index in [0.29, 0.717) is 43.9 Å². The van der Waals surface area contributed by atoms with Gasteiger partial charge in [-0.25, -0.2) is 0 Å². The van der Waals surface area contributed by atoms with Crippen LogP contribution in [0, 0.1) is 11.3 Å². The van der Waals surface area contributed by atoms with Crippen LogP contribution in [0.5, 0.6) is 5.75 Å². The number of hydrogen-bond donors (Lipinski definition) is 3. The summed E-state index contributed by atoms with van der Waals surface area (Å²) < 4.78 is 13.3. The van der Waals surface area contributed by atoms with E-state index < -0.39 is 0 Å². The number of nitriles is 1. The lowest BCUT2D eigenvalue weighted by molar-refractivity contribution is 0.110. The number of anilines is 3. The van der Waals surface area contributed by atoms with Crippen molar-refractivity contribution in [3.05, 3.63) is 82.4 Å². The zero-order valence-corrected chi connectivity index (χ0v) is 34.0. The number of nitrogens with zero attached hydrogens (tertiary/aromatic N) is 4. The van der Waals surface area contributed by atoms with E-state index in [4.69, 9.17) is 9.47 Å². The van der Waals surface area contributed by atoms with Gasteiger partial charge in [0.2, 0.25) is 0 Å². The van der Waals surface area contributed by atoms with Crippen molar-refractivity contribution >= 4 is 17.1 Å². The average Bonchev–Trinajstić information content (AvgIpc) is 3.18. The highest BCUT2D eigenvalue weighted by molar-refractivity contribution is 5.63. The van der Waals surface area contributed by atoms with Crippen molar-refractivity contribution < 1.29 is 9.47 Å². The molecule has 3 aliphatic rings. The van der Waals surface area contributed by atoms with Crippen LogP contribution in [-0.4, -0.2) is 90.2 Å². The number of benzene rings is 3. The van der Waals surface area contributed by atoms with Gasteiger partial charge >= 0.3 is 0 Å². The molecule has 6 rings (SSSR count). The van der Waals surface area contributed by atoms with E-state index in [1.165, 1.54) is 27.9 Å². The molecule has 0 radical (unpaired) electrons. The summed E-state index contributed by atoms with van der Waals surface area (Å²) in [4.78, 5) is 7.38. The van der Waals surface area contributed by atoms with Gasteiger partial charge < -0.3 is 40.1 Å². The van der Waals surface area contributed by atoms with Crippen LogP contribution in [0.2, 0.25) is 0 Å². The Morgan fingerprint density at radius 1 is 0.685 bits per heavy atom. The Morgan fingerprint density at radius 2 is 1.22 bits per heavy atom. The molecular formula is C45H65N7O2. The molecule has 3 heterocycles. The smallest absolute Gasteiger partial charge is 0.142 e. The van der Waals surface area contributed by atoms with Gasteiger partial charge in [0, 0.05) is 94.2 Å². The topological polar surface area (TPSA) is 88.1 Å². The van der Waals surface area contributed by atoms with Gasteiger partial charge in [-0.1, -0.05) is 52.0 Å². The highest BCUT2D eigenvalue weighted by atomic mass is 16.5. The number of piperazine rings is 3. The fourth-order valence-electron chi connectivity index (χ4n) is 8.30. The molecule has 54 heavy (non-hydrogen) atoms. The van der Waals surface area contributed by atoms with Gasteiger partial charge in [-0.15, -0.1) is 0 Å². The van der Waals surface area contributed by atoms with Crippen molar-refractivity contribution in [2.75, 3.05) is 86.8 Å². The molecular weight excluding hydrogens is 671 g/mol. The molecule has 0 aliphatic carbocycles. The number of rotatable bonds is 14. The minimum absolute atomic E-state index is 0.205. The van der Waals surface area contributed by atoms with Gasteiger partial charge in [0.1, 0.15) is 11.8 Å². The number of hydrogen-bond acceptors (Lipinski definition) is 9. The molecule has 3 aromatic rings. The molecule has 5 atom stereocenters. The third-order valence-electron chi connectivity index (χ3n) is 11.9. The van der Waals surface area contributed by atoms with Crippen LogP contribution < -0.4 is 35.4 Å². The second-order valence-electron chi connectivity index (χ2n) is 16.4. The molecule has 2 unspecified atom stereocenters. The van der Waals surface area contributed by atoms with Crippen molar-refractivity contribution in [1.82, 2.24) is 16.0 Å². The Labute approximate surface area is 325 Å². The maximum Gasteiger partial charge on any atom is 0.142 e. The highest BCUT2D eigenvalue weighted by Crippen LogP contribution is 2.36. The lowest BCUT2D eigenvalue weighted by atomic mass is 9.95. The SMILES string of the molecule is CC(C)c1ccc(N2CCNC[C@H]2C)c(COCC(C)c2ccc(N3CCNC[C@H]3C)c(OCCC(C)c3ccc(N4CCNC[C@H]4C)c(C#N)c3)c2)c1. The third kappa shape index (κ3) is 9.52. The molecule has 0 saturated carbocycles. The summed E-state index contributed by atoms with van der Waals surface area (Å²) in [5, 5.41) is 20.6. The van der Waals surface area contributed by atoms with Crippen molar-refractivity contribution in [1.29, 1.82) is 5.26 Å². The fraction of sp³-hybridized carbons (Fsp3) is 0.578. The molecule has 0 amide bonds. The first-order chi connectivity index (χ1) is 26.1. The van der Waals surface area contributed by atoms with E-state index in [-0.39, 0.29) is 11.8 Å². The predicted molar refractivity (Wildman–Crippen MR) is 224 cm³/mol. The van der Waals surface area contributed by atoms with Gasteiger partial charge in [0.05, 0.1) is 36.8 Å². The predicted octanol–water partition coefficient (Wildman–Crippen LogP) is 6.97. The first-order valence-electron chi connectivity index (χ1n) is 20.6. The molecule has 0 aromatic heterocycles. The summed E-state index contributed by atoms with van der Waals surface area (Å²) in [7, 11) is 0. The summed E-state index contributed by atoms with van der Waals surface area (Å²) in [6.07, 6.45) is 0.858. The second-order valence-corrected chi connectivity index (χ2v) is 16.4. The average molecular weight is 736 g/mol. The summed E-state index contributed by atoms with van der Waals surface area (Å²) >= 11 is 0. The molecule has 3 aliphatic heterocycles. The van der Waals surface area contributed by atoms with Crippen LogP contribution in [0.25, 0.3) is 0 Å². The Kier molecular flexibility index (Phi) is 13.8. The van der Waals surface area contributed by atoms with Crippen molar-refractivity contribution in [2.24, 2.45) is 0 Å². The lowest BCUT2D eigenvalue weighted by Crippen LogP contribution is -2.50. The molecule has 3 saturated heterocycles. The van der Waals surface area contributed by atoms with E-state index in [9.17, 15) is 5.26 Å². The molecule has 3 fully saturated rings. The maximum absolute atomic E-state index is 10.1. The van der Waals surface area contributed by atoms with E-state index >= 15 is 0 Å². The minimum atomic E-state index is 0.205. The van der Waals surface area contributed by atoms with Crippen LogP contribution in [0.15, 0.2) is 54.6 Å². The van der Waals surface area contributed by atoms with Crippen LogP contribution in [0.1, 0.15) is 100 Å². The van der Waals surface area contributed by atoms with Gasteiger partial charge in [-0.05, 0) is 86.1 Å². The summed E-state index contributed by atoms with van der Waals surface area (Å²) in [5.74, 6) is 1.88.